The zero-order valence-electron chi connectivity index (χ0n) is 16.9. The van der Waals surface area contributed by atoms with Gasteiger partial charge in [-0.2, -0.15) is 4.98 Å². The molecule has 30 heavy (non-hydrogen) atoms. The van der Waals surface area contributed by atoms with Crippen LogP contribution in [0.5, 0.6) is 0 Å². The molecule has 6 rings (SSSR count). The fourth-order valence-electron chi connectivity index (χ4n) is 4.91. The van der Waals surface area contributed by atoms with Crippen molar-refractivity contribution < 1.29 is 0 Å². The molecule has 9 nitrogen and oxygen atoms in total. The van der Waals surface area contributed by atoms with Crippen molar-refractivity contribution in [1.82, 2.24) is 39.3 Å². The summed E-state index contributed by atoms with van der Waals surface area (Å²) in [6.07, 6.45) is 12.2. The SMILES string of the molecule is CCC12CCCN1c1nc(-n3ccnc3-c3ccncc3)ncc1-n1c(C)nnc12. The largest absolute Gasteiger partial charge is 0.342 e. The van der Waals surface area contributed by atoms with Gasteiger partial charge in [0.2, 0.25) is 5.95 Å². The Morgan fingerprint density at radius 3 is 2.80 bits per heavy atom. The first kappa shape index (κ1) is 17.3. The van der Waals surface area contributed by atoms with E-state index in [-0.39, 0.29) is 5.54 Å². The molecule has 4 aromatic rings. The standard InChI is InChI=1S/C21H21N9/c1-3-21-7-4-11-29(21)18-16(30-14(2)26-27-19(21)30)13-24-20(25-18)28-12-10-23-17(28)15-5-8-22-9-6-15/h5-6,8-10,12-13H,3-4,7,11H2,1-2H3. The van der Waals surface area contributed by atoms with E-state index in [9.17, 15) is 0 Å². The molecule has 0 aliphatic carbocycles. The highest BCUT2D eigenvalue weighted by Gasteiger charge is 2.50. The topological polar surface area (TPSA) is 90.4 Å². The monoisotopic (exact) mass is 399 g/mol. The Hall–Kier alpha value is -3.62. The predicted octanol–water partition coefficient (Wildman–Crippen LogP) is 2.83. The maximum absolute atomic E-state index is 5.04. The van der Waals surface area contributed by atoms with Crippen LogP contribution in [0, 0.1) is 6.92 Å². The van der Waals surface area contributed by atoms with E-state index in [1.165, 1.54) is 0 Å². The van der Waals surface area contributed by atoms with Gasteiger partial charge in [-0.05, 0) is 38.3 Å². The van der Waals surface area contributed by atoms with Crippen molar-refractivity contribution in [3.63, 3.8) is 0 Å². The summed E-state index contributed by atoms with van der Waals surface area (Å²) in [5, 5.41) is 8.95. The lowest BCUT2D eigenvalue weighted by molar-refractivity contribution is 0.381. The molecule has 0 amide bonds. The molecule has 0 saturated carbocycles. The third-order valence-corrected chi connectivity index (χ3v) is 6.34. The van der Waals surface area contributed by atoms with Gasteiger partial charge in [0.05, 0.1) is 6.20 Å². The Morgan fingerprint density at radius 2 is 1.97 bits per heavy atom. The van der Waals surface area contributed by atoms with E-state index >= 15 is 0 Å². The van der Waals surface area contributed by atoms with Crippen LogP contribution in [-0.2, 0) is 5.54 Å². The van der Waals surface area contributed by atoms with Gasteiger partial charge in [-0.25, -0.2) is 9.97 Å². The number of rotatable bonds is 3. The highest BCUT2D eigenvalue weighted by molar-refractivity contribution is 5.65. The Bertz CT molecular complexity index is 1240. The summed E-state index contributed by atoms with van der Waals surface area (Å²) in [5.74, 6) is 4.19. The third kappa shape index (κ3) is 2.17. The minimum Gasteiger partial charge on any atom is -0.342 e. The quantitative estimate of drug-likeness (QED) is 0.523. The van der Waals surface area contributed by atoms with Gasteiger partial charge in [0.15, 0.2) is 11.6 Å². The van der Waals surface area contributed by atoms with E-state index in [1.807, 2.05) is 36.0 Å². The first-order chi connectivity index (χ1) is 14.7. The van der Waals surface area contributed by atoms with Crippen LogP contribution in [0.1, 0.15) is 37.8 Å². The molecule has 150 valence electrons. The van der Waals surface area contributed by atoms with Crippen molar-refractivity contribution in [2.75, 3.05) is 11.4 Å². The minimum atomic E-state index is -0.164. The first-order valence-corrected chi connectivity index (χ1v) is 10.2. The second-order valence-corrected chi connectivity index (χ2v) is 7.78. The van der Waals surface area contributed by atoms with Gasteiger partial charge in [0, 0.05) is 36.9 Å². The van der Waals surface area contributed by atoms with Crippen molar-refractivity contribution in [1.29, 1.82) is 0 Å². The van der Waals surface area contributed by atoms with Gasteiger partial charge in [0.1, 0.15) is 22.9 Å². The number of hydrogen-bond donors (Lipinski definition) is 0. The van der Waals surface area contributed by atoms with Gasteiger partial charge >= 0.3 is 0 Å². The number of hydrogen-bond acceptors (Lipinski definition) is 7. The summed E-state index contributed by atoms with van der Waals surface area (Å²) < 4.78 is 4.05. The van der Waals surface area contributed by atoms with Gasteiger partial charge in [-0.3, -0.25) is 14.1 Å². The molecule has 4 aromatic heterocycles. The first-order valence-electron chi connectivity index (χ1n) is 10.2. The van der Waals surface area contributed by atoms with E-state index < -0.39 is 0 Å². The number of anilines is 1. The van der Waals surface area contributed by atoms with E-state index in [0.29, 0.717) is 5.95 Å². The number of nitrogens with zero attached hydrogens (tertiary/aromatic N) is 9. The number of imidazole rings is 1. The second-order valence-electron chi connectivity index (χ2n) is 7.78. The van der Waals surface area contributed by atoms with Gasteiger partial charge in [0.25, 0.3) is 0 Å². The summed E-state index contributed by atoms with van der Waals surface area (Å²) in [4.78, 5) is 20.8. The highest BCUT2D eigenvalue weighted by Crippen LogP contribution is 2.49. The van der Waals surface area contributed by atoms with Crippen LogP contribution in [0.3, 0.4) is 0 Å². The Kier molecular flexibility index (Phi) is 3.56. The smallest absolute Gasteiger partial charge is 0.237 e. The average Bonchev–Trinajstić information content (AvgIpc) is 3.52. The van der Waals surface area contributed by atoms with Crippen LogP contribution in [0.25, 0.3) is 23.0 Å². The molecule has 0 N–H and O–H groups in total. The zero-order valence-corrected chi connectivity index (χ0v) is 16.9. The molecule has 1 saturated heterocycles. The number of fused-ring (bicyclic) bond motifs is 6. The molecule has 0 spiro atoms. The summed E-state index contributed by atoms with van der Waals surface area (Å²) in [5.41, 5.74) is 1.74. The molecule has 1 unspecified atom stereocenters. The predicted molar refractivity (Wildman–Crippen MR) is 111 cm³/mol. The molecule has 6 heterocycles. The lowest BCUT2D eigenvalue weighted by Gasteiger charge is -2.42. The van der Waals surface area contributed by atoms with Gasteiger partial charge in [-0.15, -0.1) is 10.2 Å². The van der Waals surface area contributed by atoms with Crippen LogP contribution in [0.4, 0.5) is 5.82 Å². The van der Waals surface area contributed by atoms with E-state index in [0.717, 1.165) is 60.3 Å². The van der Waals surface area contributed by atoms with E-state index in [2.05, 4.69) is 36.6 Å². The summed E-state index contributed by atoms with van der Waals surface area (Å²) >= 11 is 0. The van der Waals surface area contributed by atoms with Crippen molar-refractivity contribution in [2.45, 2.75) is 38.6 Å². The average molecular weight is 399 g/mol. The molecular formula is C21H21N9. The van der Waals surface area contributed by atoms with Crippen molar-refractivity contribution in [3.8, 4) is 23.0 Å². The molecular weight excluding hydrogens is 378 g/mol. The number of aryl methyl sites for hydroxylation is 1. The van der Waals surface area contributed by atoms with E-state index in [4.69, 9.17) is 9.97 Å². The van der Waals surface area contributed by atoms with Crippen LogP contribution in [-0.4, -0.2) is 45.8 Å². The Labute approximate surface area is 173 Å². The van der Waals surface area contributed by atoms with E-state index in [1.54, 1.807) is 18.6 Å². The summed E-state index contributed by atoms with van der Waals surface area (Å²) in [6.45, 7) is 5.15. The normalized spacial score (nSPS) is 19.5. The molecule has 0 radical (unpaired) electrons. The molecule has 9 heteroatoms. The molecule has 2 aliphatic heterocycles. The fraction of sp³-hybridized carbons (Fsp3) is 0.333. The number of pyridine rings is 1. The Morgan fingerprint density at radius 1 is 1.10 bits per heavy atom. The molecule has 0 bridgehead atoms. The maximum atomic E-state index is 5.04. The zero-order chi connectivity index (χ0) is 20.3. The van der Waals surface area contributed by atoms with Crippen LogP contribution < -0.4 is 4.90 Å². The minimum absolute atomic E-state index is 0.164. The lowest BCUT2D eigenvalue weighted by atomic mass is 9.90. The molecule has 1 atom stereocenters. The third-order valence-electron chi connectivity index (χ3n) is 6.34. The molecule has 0 aromatic carbocycles. The summed E-state index contributed by atoms with van der Waals surface area (Å²) in [7, 11) is 0. The second kappa shape index (κ2) is 6.19. The van der Waals surface area contributed by atoms with Gasteiger partial charge < -0.3 is 4.90 Å². The van der Waals surface area contributed by atoms with Crippen LogP contribution in [0.15, 0.2) is 43.1 Å². The van der Waals surface area contributed by atoms with Gasteiger partial charge in [-0.1, -0.05) is 6.92 Å². The number of aromatic nitrogens is 8. The molecule has 1 fully saturated rings. The lowest BCUT2D eigenvalue weighted by Crippen LogP contribution is -2.47. The van der Waals surface area contributed by atoms with Crippen molar-refractivity contribution in [2.24, 2.45) is 0 Å². The van der Waals surface area contributed by atoms with Crippen LogP contribution in [0.2, 0.25) is 0 Å². The Balaban J connectivity index is 1.55. The van der Waals surface area contributed by atoms with Crippen molar-refractivity contribution >= 4 is 5.82 Å². The maximum Gasteiger partial charge on any atom is 0.237 e. The van der Waals surface area contributed by atoms with Crippen molar-refractivity contribution in [3.05, 3.63) is 54.8 Å². The van der Waals surface area contributed by atoms with Crippen LogP contribution >= 0.6 is 0 Å². The molecule has 2 aliphatic rings. The fourth-order valence-corrected chi connectivity index (χ4v) is 4.91. The summed E-state index contributed by atoms with van der Waals surface area (Å²) in [6, 6.07) is 3.87. The highest BCUT2D eigenvalue weighted by atomic mass is 15.4.